The third-order valence-corrected chi connectivity index (χ3v) is 6.38. The molecule has 2 atom stereocenters. The highest BCUT2D eigenvalue weighted by Gasteiger charge is 2.55. The van der Waals surface area contributed by atoms with Crippen LogP contribution in [0.15, 0.2) is 10.5 Å². The van der Waals surface area contributed by atoms with Gasteiger partial charge in [-0.15, -0.1) is 11.3 Å². The smallest absolute Gasteiger partial charge is 0.410 e. The minimum Gasteiger partial charge on any atom is -0.448 e. The molecule has 3 fully saturated rings. The van der Waals surface area contributed by atoms with E-state index in [1.807, 2.05) is 0 Å². The topological polar surface area (TPSA) is 194 Å². The summed E-state index contributed by atoms with van der Waals surface area (Å²) in [6, 6.07) is -2.58. The molecule has 16 heteroatoms. The van der Waals surface area contributed by atoms with Crippen LogP contribution < -0.4 is 11.1 Å². The lowest BCUT2D eigenvalue weighted by molar-refractivity contribution is -0.145. The van der Waals surface area contributed by atoms with Crippen LogP contribution in [0.1, 0.15) is 18.5 Å². The molecule has 0 radical (unpaired) electrons. The number of ether oxygens (including phenoxy) is 1. The molecule has 0 aromatic carbocycles. The van der Waals surface area contributed by atoms with Crippen molar-refractivity contribution in [3.8, 4) is 0 Å². The summed E-state index contributed by atoms with van der Waals surface area (Å²) in [6.07, 6.45) is 0.761. The fourth-order valence-electron chi connectivity index (χ4n) is 3.07. The van der Waals surface area contributed by atoms with Crippen LogP contribution in [0.3, 0.4) is 0 Å². The maximum Gasteiger partial charge on any atom is 0.410 e. The van der Waals surface area contributed by atoms with Crippen molar-refractivity contribution in [2.75, 3.05) is 25.4 Å². The van der Waals surface area contributed by atoms with Gasteiger partial charge in [0.1, 0.15) is 24.4 Å². The molecule has 0 spiro atoms. The number of thiazole rings is 1. The maximum absolute atomic E-state index is 12.9. The summed E-state index contributed by atoms with van der Waals surface area (Å²) in [7, 11) is -4.90. The third-order valence-electron chi connectivity index (χ3n) is 4.75. The van der Waals surface area contributed by atoms with Gasteiger partial charge in [-0.2, -0.15) is 8.42 Å². The van der Waals surface area contributed by atoms with E-state index < -0.39 is 40.3 Å². The molecule has 14 nitrogen and oxygen atoms in total. The van der Waals surface area contributed by atoms with Crippen molar-refractivity contribution in [1.29, 1.82) is 0 Å². The van der Waals surface area contributed by atoms with Crippen molar-refractivity contribution in [2.45, 2.75) is 31.0 Å². The third kappa shape index (κ3) is 4.40. The zero-order valence-corrected chi connectivity index (χ0v) is 17.5. The Morgan fingerprint density at radius 2 is 2.19 bits per heavy atom. The number of oxime groups is 1. The Bertz CT molecular complexity index is 1050. The van der Waals surface area contributed by atoms with E-state index in [9.17, 15) is 27.4 Å². The van der Waals surface area contributed by atoms with E-state index in [2.05, 4.69) is 15.5 Å². The standard InChI is InChI=1S/C15H18N6O8S2/c16-14-17-8(6-30-14)10(19-29-7-1-2-7)12(22)18-11-9(5-20-3-4-28-15(20)24)21(13(11)23)31(25,26)27/h6-7,9,11H,1-5H2,(H2,16,17)(H,18,22)(H,25,26,27)/b19-10-/t9-,11+/m1/s1. The summed E-state index contributed by atoms with van der Waals surface area (Å²) in [4.78, 5) is 47.3. The minimum absolute atomic E-state index is 0.100. The number of aromatic nitrogens is 1. The van der Waals surface area contributed by atoms with Gasteiger partial charge >= 0.3 is 16.4 Å². The van der Waals surface area contributed by atoms with Gasteiger partial charge in [0, 0.05) is 11.9 Å². The lowest BCUT2D eigenvalue weighted by Crippen LogP contribution is -2.74. The molecule has 31 heavy (non-hydrogen) atoms. The number of hydrogen-bond acceptors (Lipinski definition) is 11. The second-order valence-electron chi connectivity index (χ2n) is 7.01. The molecule has 3 amide bonds. The fourth-order valence-corrected chi connectivity index (χ4v) is 4.49. The zero-order chi connectivity index (χ0) is 22.3. The summed E-state index contributed by atoms with van der Waals surface area (Å²) in [5.74, 6) is -1.91. The average Bonchev–Trinajstić information content (AvgIpc) is 3.28. The summed E-state index contributed by atoms with van der Waals surface area (Å²) >= 11 is 1.07. The number of rotatable bonds is 8. The molecule has 4 N–H and O–H groups in total. The van der Waals surface area contributed by atoms with Crippen molar-refractivity contribution < 1.29 is 36.9 Å². The first-order chi connectivity index (χ1) is 14.6. The number of nitrogens with zero attached hydrogens (tertiary/aromatic N) is 4. The van der Waals surface area contributed by atoms with E-state index in [1.54, 1.807) is 0 Å². The molecule has 1 saturated carbocycles. The van der Waals surface area contributed by atoms with Crippen LogP contribution in [-0.4, -0.2) is 88.7 Å². The molecular formula is C15H18N6O8S2. The lowest BCUT2D eigenvalue weighted by atomic mass is 9.97. The van der Waals surface area contributed by atoms with E-state index in [-0.39, 0.29) is 46.6 Å². The molecule has 168 valence electrons. The van der Waals surface area contributed by atoms with Crippen LogP contribution in [0.4, 0.5) is 9.93 Å². The lowest BCUT2D eigenvalue weighted by Gasteiger charge is -2.45. The second-order valence-corrected chi connectivity index (χ2v) is 9.19. The highest BCUT2D eigenvalue weighted by molar-refractivity contribution is 7.84. The Morgan fingerprint density at radius 1 is 1.45 bits per heavy atom. The van der Waals surface area contributed by atoms with Crippen LogP contribution in [0.5, 0.6) is 0 Å². The Kier molecular flexibility index (Phi) is 5.44. The SMILES string of the molecule is Nc1nc(/C(=N/OC2CC2)C(=O)N[C@@H]2C(=O)N(S(=O)(=O)O)[C@@H]2CN2CCOC2=O)cs1. The molecule has 2 saturated heterocycles. The summed E-state index contributed by atoms with van der Waals surface area (Å²) in [5.41, 5.74) is 5.50. The first-order valence-corrected chi connectivity index (χ1v) is 11.4. The monoisotopic (exact) mass is 474 g/mol. The van der Waals surface area contributed by atoms with Crippen molar-refractivity contribution >= 4 is 50.4 Å². The zero-order valence-electron chi connectivity index (χ0n) is 15.8. The number of nitrogens with one attached hydrogen (secondary N) is 1. The Labute approximate surface area is 179 Å². The van der Waals surface area contributed by atoms with Crippen molar-refractivity contribution in [1.82, 2.24) is 19.5 Å². The number of amides is 3. The number of anilines is 1. The van der Waals surface area contributed by atoms with Crippen LogP contribution in [0, 0.1) is 0 Å². The normalized spacial score (nSPS) is 24.1. The van der Waals surface area contributed by atoms with Crippen molar-refractivity contribution in [3.05, 3.63) is 11.1 Å². The maximum atomic E-state index is 12.9. The second kappa shape index (κ2) is 7.93. The van der Waals surface area contributed by atoms with E-state index in [0.717, 1.165) is 24.2 Å². The van der Waals surface area contributed by atoms with Gasteiger partial charge in [-0.1, -0.05) is 5.16 Å². The Balaban J connectivity index is 1.54. The van der Waals surface area contributed by atoms with Gasteiger partial charge in [0.15, 0.2) is 10.8 Å². The predicted octanol–water partition coefficient (Wildman–Crippen LogP) is -1.44. The molecule has 1 aromatic heterocycles. The molecule has 3 aliphatic rings. The van der Waals surface area contributed by atoms with Crippen LogP contribution in [0.2, 0.25) is 0 Å². The predicted molar refractivity (Wildman–Crippen MR) is 104 cm³/mol. The minimum atomic E-state index is -4.90. The molecule has 4 rings (SSSR count). The number of carbonyl (C=O) groups excluding carboxylic acids is 3. The molecule has 1 aromatic rings. The van der Waals surface area contributed by atoms with Gasteiger partial charge in [0.25, 0.3) is 11.8 Å². The number of nitrogen functional groups attached to an aromatic ring is 1. The largest absolute Gasteiger partial charge is 0.448 e. The molecule has 2 aliphatic heterocycles. The van der Waals surface area contributed by atoms with E-state index in [1.165, 1.54) is 10.3 Å². The number of carbonyl (C=O) groups is 3. The van der Waals surface area contributed by atoms with Gasteiger partial charge < -0.3 is 25.5 Å². The van der Waals surface area contributed by atoms with E-state index in [0.29, 0.717) is 0 Å². The Hall–Kier alpha value is -2.98. The van der Waals surface area contributed by atoms with E-state index >= 15 is 0 Å². The molecule has 3 heterocycles. The first kappa shape index (κ1) is 21.3. The van der Waals surface area contributed by atoms with Gasteiger partial charge in [-0.3, -0.25) is 14.1 Å². The van der Waals surface area contributed by atoms with Gasteiger partial charge in [-0.25, -0.2) is 14.1 Å². The highest BCUT2D eigenvalue weighted by Crippen LogP contribution is 2.27. The number of hydrogen-bond donors (Lipinski definition) is 3. The quantitative estimate of drug-likeness (QED) is 0.174. The van der Waals surface area contributed by atoms with Gasteiger partial charge in [0.2, 0.25) is 0 Å². The summed E-state index contributed by atoms with van der Waals surface area (Å²) in [6.45, 7) is -0.00346. The van der Waals surface area contributed by atoms with Crippen LogP contribution >= 0.6 is 11.3 Å². The van der Waals surface area contributed by atoms with Crippen LogP contribution in [0.25, 0.3) is 0 Å². The van der Waals surface area contributed by atoms with Crippen molar-refractivity contribution in [2.24, 2.45) is 5.16 Å². The Morgan fingerprint density at radius 3 is 2.74 bits per heavy atom. The van der Waals surface area contributed by atoms with Crippen LogP contribution in [-0.2, 0) is 29.5 Å². The molecule has 1 aliphatic carbocycles. The van der Waals surface area contributed by atoms with Crippen molar-refractivity contribution in [3.63, 3.8) is 0 Å². The number of β-lactam (4-membered cyclic amide) rings is 1. The average molecular weight is 474 g/mol. The van der Waals surface area contributed by atoms with Gasteiger partial charge in [0.05, 0.1) is 12.6 Å². The molecule has 0 unspecified atom stereocenters. The number of nitrogens with two attached hydrogens (primary N) is 1. The summed E-state index contributed by atoms with van der Waals surface area (Å²) in [5, 5.41) is 7.88. The fraction of sp³-hybridized carbons (Fsp3) is 0.533. The number of cyclic esters (lactones) is 1. The molecule has 0 bridgehead atoms. The van der Waals surface area contributed by atoms with Gasteiger partial charge in [-0.05, 0) is 12.8 Å². The van der Waals surface area contributed by atoms with E-state index in [4.69, 9.17) is 15.3 Å². The highest BCUT2D eigenvalue weighted by atomic mass is 32.2. The first-order valence-electron chi connectivity index (χ1n) is 9.13. The summed E-state index contributed by atoms with van der Waals surface area (Å²) < 4.78 is 37.6. The molecular weight excluding hydrogens is 456 g/mol.